The molecular weight excluding hydrogens is 642 g/mol. The van der Waals surface area contributed by atoms with Crippen molar-refractivity contribution in [3.05, 3.63) is 64.1 Å². The molecule has 1 aromatic carbocycles. The van der Waals surface area contributed by atoms with Crippen molar-refractivity contribution in [1.29, 1.82) is 0 Å². The number of anilines is 1. The molecule has 0 radical (unpaired) electrons. The largest absolute Gasteiger partial charge is 0.490 e. The van der Waals surface area contributed by atoms with Crippen LogP contribution in [-0.2, 0) is 43.8 Å². The first-order valence-corrected chi connectivity index (χ1v) is 14.3. The number of guanidine groups is 1. The van der Waals surface area contributed by atoms with Gasteiger partial charge in [-0.2, -0.15) is 26.3 Å². The second-order valence-electron chi connectivity index (χ2n) is 9.17. The lowest BCUT2D eigenvalue weighted by Gasteiger charge is -2.17. The number of nitrogens with two attached hydrogens (primary N) is 2. The molecule has 0 spiro atoms. The summed E-state index contributed by atoms with van der Waals surface area (Å²) < 4.78 is 97.0. The van der Waals surface area contributed by atoms with E-state index >= 15 is 0 Å². The highest BCUT2D eigenvalue weighted by Crippen LogP contribution is 2.21. The molecule has 7 N–H and O–H groups in total. The highest BCUT2D eigenvalue weighted by atomic mass is 32.2. The van der Waals surface area contributed by atoms with Gasteiger partial charge in [-0.1, -0.05) is 30.3 Å². The van der Waals surface area contributed by atoms with Crippen LogP contribution < -0.4 is 27.1 Å². The molecule has 0 aliphatic rings. The molecule has 45 heavy (non-hydrogen) atoms. The number of pyridine rings is 1. The lowest BCUT2D eigenvalue weighted by molar-refractivity contribution is -0.192. The summed E-state index contributed by atoms with van der Waals surface area (Å²) >= 11 is 0. The van der Waals surface area contributed by atoms with Crippen molar-refractivity contribution < 1.29 is 54.3 Å². The van der Waals surface area contributed by atoms with E-state index in [4.69, 9.17) is 21.4 Å². The molecule has 2 aromatic rings. The number of carbonyl (C=O) groups excluding carboxylic acids is 2. The number of alkyl halides is 6. The van der Waals surface area contributed by atoms with E-state index in [-0.39, 0.29) is 30.9 Å². The number of carboxylic acid groups (broad SMARTS) is 1. The first kappa shape index (κ1) is 38.4. The Morgan fingerprint density at radius 3 is 2.16 bits per heavy atom. The summed E-state index contributed by atoms with van der Waals surface area (Å²) in [7, 11) is -4.97. The molecule has 0 aliphatic heterocycles. The van der Waals surface area contributed by atoms with Gasteiger partial charge in [0, 0.05) is 12.7 Å². The number of nitrogens with one attached hydrogen (secondary N) is 2. The maximum Gasteiger partial charge on any atom is 0.490 e. The number of sulfonamides is 1. The third-order valence-corrected chi connectivity index (χ3v) is 6.65. The normalized spacial score (nSPS) is 12.2. The smallest absolute Gasteiger partial charge is 0.475 e. The number of aromatic nitrogens is 1. The fraction of sp³-hybridized carbons (Fsp3) is 0.400. The van der Waals surface area contributed by atoms with E-state index in [1.165, 1.54) is 12.3 Å². The molecule has 1 atom stereocenters. The van der Waals surface area contributed by atoms with Gasteiger partial charge in [0.15, 0.2) is 11.7 Å². The number of aldehydes is 1. The molecule has 0 saturated heterocycles. The predicted octanol–water partition coefficient (Wildman–Crippen LogP) is 1.31. The van der Waals surface area contributed by atoms with Gasteiger partial charge in [-0.15, -0.1) is 0 Å². The van der Waals surface area contributed by atoms with E-state index in [0.717, 1.165) is 10.1 Å². The van der Waals surface area contributed by atoms with E-state index in [1.54, 1.807) is 35.1 Å². The highest BCUT2D eigenvalue weighted by Gasteiger charge is 2.38. The zero-order valence-electron chi connectivity index (χ0n) is 23.3. The standard InChI is InChI=1S/C23H29F3N6O5S.C2HF3O2/c24-23(25,26)15-38(36,37)31-20-17(9-8-16-5-2-1-3-6-16)10-12-32(21(20)35)13-19(34)30-18(14-33)7-4-11-29-22(27)28;3-2(4,5)1(6)7/h1-3,5-6,10,12,14,18,31H,4,7-9,11,13,15H2,(H,30,34)(H4,27,28,29);(H,6,7)/t18-;/m0./s1. The number of carboxylic acids is 1. The molecule has 0 unspecified atom stereocenters. The van der Waals surface area contributed by atoms with Crippen molar-refractivity contribution in [2.75, 3.05) is 17.0 Å². The average molecular weight is 673 g/mol. The Morgan fingerprint density at radius 1 is 1.04 bits per heavy atom. The second-order valence-corrected chi connectivity index (χ2v) is 10.9. The first-order valence-electron chi connectivity index (χ1n) is 12.7. The van der Waals surface area contributed by atoms with Crippen LogP contribution in [0, 0.1) is 0 Å². The Labute approximate surface area is 252 Å². The molecule has 1 heterocycles. The van der Waals surface area contributed by atoms with Crippen LogP contribution in [0.3, 0.4) is 0 Å². The van der Waals surface area contributed by atoms with Crippen molar-refractivity contribution in [3.8, 4) is 0 Å². The minimum Gasteiger partial charge on any atom is -0.475 e. The summed E-state index contributed by atoms with van der Waals surface area (Å²) in [5.74, 6) is -5.81. The third kappa shape index (κ3) is 15.6. The van der Waals surface area contributed by atoms with Crippen LogP contribution in [0.2, 0.25) is 0 Å². The van der Waals surface area contributed by atoms with Crippen molar-refractivity contribution in [2.24, 2.45) is 16.5 Å². The average Bonchev–Trinajstić information content (AvgIpc) is 2.91. The molecule has 0 bridgehead atoms. The molecule has 20 heteroatoms. The summed E-state index contributed by atoms with van der Waals surface area (Å²) in [5.41, 5.74) is 9.87. The van der Waals surface area contributed by atoms with Crippen LogP contribution in [-0.4, -0.2) is 72.9 Å². The van der Waals surface area contributed by atoms with Crippen molar-refractivity contribution in [2.45, 2.75) is 50.6 Å². The maximum atomic E-state index is 13.1. The number of nitrogens with zero attached hydrogens (tertiary/aromatic N) is 2. The minimum absolute atomic E-state index is 0.120. The van der Waals surface area contributed by atoms with Gasteiger partial charge in [0.1, 0.15) is 18.5 Å². The number of halogens is 6. The number of hydrogen-bond acceptors (Lipinski definition) is 7. The Morgan fingerprint density at radius 2 is 1.64 bits per heavy atom. The lowest BCUT2D eigenvalue weighted by Crippen LogP contribution is -2.40. The van der Waals surface area contributed by atoms with Gasteiger partial charge < -0.3 is 31.3 Å². The number of aliphatic imine (C=N–C) groups is 1. The van der Waals surface area contributed by atoms with Crippen LogP contribution >= 0.6 is 0 Å². The van der Waals surface area contributed by atoms with Crippen molar-refractivity contribution in [3.63, 3.8) is 0 Å². The molecule has 0 aliphatic carbocycles. The Bertz CT molecular complexity index is 1490. The Hall–Kier alpha value is -4.62. The summed E-state index contributed by atoms with van der Waals surface area (Å²) in [4.78, 5) is 49.5. The van der Waals surface area contributed by atoms with Gasteiger partial charge in [-0.25, -0.2) is 13.2 Å². The monoisotopic (exact) mass is 672 g/mol. The minimum atomic E-state index is -5.08. The lowest BCUT2D eigenvalue weighted by atomic mass is 10.0. The number of carbonyl (C=O) groups is 3. The van der Waals surface area contributed by atoms with Crippen LogP contribution in [0.5, 0.6) is 0 Å². The van der Waals surface area contributed by atoms with Crippen molar-refractivity contribution >= 4 is 39.8 Å². The van der Waals surface area contributed by atoms with E-state index in [2.05, 4.69) is 10.3 Å². The molecule has 0 fully saturated rings. The SMILES string of the molecule is NC(N)=NCCC[C@@H](C=O)NC(=O)Cn1ccc(CCc2ccccc2)c(NS(=O)(=O)CC(F)(F)F)c1=O.O=C(O)C(F)(F)F. The topological polar surface area (TPSA) is 216 Å². The van der Waals surface area contributed by atoms with Gasteiger partial charge in [-0.05, 0) is 42.9 Å². The summed E-state index contributed by atoms with van der Waals surface area (Å²) in [6.07, 6.45) is -7.28. The number of aryl methyl sites for hydroxylation is 2. The van der Waals surface area contributed by atoms with Gasteiger partial charge in [0.25, 0.3) is 5.56 Å². The van der Waals surface area contributed by atoms with Gasteiger partial charge in [0.05, 0.1) is 6.04 Å². The molecule has 250 valence electrons. The summed E-state index contributed by atoms with van der Waals surface area (Å²) in [6, 6.07) is 9.43. The quantitative estimate of drug-likeness (QED) is 0.0642. The molecule has 1 amide bonds. The van der Waals surface area contributed by atoms with Crippen LogP contribution in [0.15, 0.2) is 52.4 Å². The number of benzene rings is 1. The van der Waals surface area contributed by atoms with E-state index < -0.39 is 63.8 Å². The molecule has 0 saturated carbocycles. The van der Waals surface area contributed by atoms with Gasteiger partial charge >= 0.3 is 18.3 Å². The third-order valence-electron chi connectivity index (χ3n) is 5.42. The second kappa shape index (κ2) is 17.0. The molecule has 1 aromatic heterocycles. The zero-order valence-corrected chi connectivity index (χ0v) is 24.1. The molecular formula is C25H30F6N6O7S. The number of aliphatic carboxylic acids is 1. The van der Waals surface area contributed by atoms with E-state index in [0.29, 0.717) is 19.1 Å². The van der Waals surface area contributed by atoms with E-state index in [1.807, 2.05) is 0 Å². The van der Waals surface area contributed by atoms with Gasteiger partial charge in [0.2, 0.25) is 15.9 Å². The van der Waals surface area contributed by atoms with Crippen LogP contribution in [0.25, 0.3) is 0 Å². The number of rotatable bonds is 14. The fourth-order valence-corrected chi connectivity index (χ4v) is 4.52. The maximum absolute atomic E-state index is 13.1. The van der Waals surface area contributed by atoms with Crippen molar-refractivity contribution in [1.82, 2.24) is 9.88 Å². The molecule has 13 nitrogen and oxygen atoms in total. The fourth-order valence-electron chi connectivity index (χ4n) is 3.49. The first-order chi connectivity index (χ1) is 20.7. The summed E-state index contributed by atoms with van der Waals surface area (Å²) in [5, 5.41) is 9.55. The Balaban J connectivity index is 0.00000129. The Kier molecular flexibility index (Phi) is 14.5. The zero-order chi connectivity index (χ0) is 34.4. The summed E-state index contributed by atoms with van der Waals surface area (Å²) in [6.45, 7) is -0.377. The van der Waals surface area contributed by atoms with E-state index in [9.17, 15) is 49.1 Å². The van der Waals surface area contributed by atoms with Crippen LogP contribution in [0.1, 0.15) is 24.0 Å². The van der Waals surface area contributed by atoms with Gasteiger partial charge in [-0.3, -0.25) is 19.3 Å². The predicted molar refractivity (Wildman–Crippen MR) is 150 cm³/mol. The number of amides is 1. The molecule has 2 rings (SSSR count). The number of hydrogen-bond donors (Lipinski definition) is 5. The van der Waals surface area contributed by atoms with Crippen LogP contribution in [0.4, 0.5) is 32.0 Å². The highest BCUT2D eigenvalue weighted by molar-refractivity contribution is 7.92.